The van der Waals surface area contributed by atoms with E-state index in [2.05, 4.69) is 11.7 Å². The molecule has 0 bridgehead atoms. The first kappa shape index (κ1) is 26.1. The number of ether oxygens (including phenoxy) is 2. The molecule has 0 spiro atoms. The average Bonchev–Trinajstić information content (AvgIpc) is 2.87. The van der Waals surface area contributed by atoms with E-state index < -0.39 is 18.2 Å². The lowest BCUT2D eigenvalue weighted by atomic mass is 9.78. The summed E-state index contributed by atoms with van der Waals surface area (Å²) in [6.45, 7) is -0.690. The quantitative estimate of drug-likeness (QED) is 0.258. The summed E-state index contributed by atoms with van der Waals surface area (Å²) in [6.07, 6.45) is 8.24. The molecule has 3 aromatic rings. The lowest BCUT2D eigenvalue weighted by Crippen LogP contribution is -2.15. The number of hydrogen-bond acceptors (Lipinski definition) is 2. The minimum atomic E-state index is -2.90. The van der Waals surface area contributed by atoms with Crippen molar-refractivity contribution >= 4 is 0 Å². The molecule has 1 aliphatic carbocycles. The molecule has 0 unspecified atom stereocenters. The Morgan fingerprint density at radius 1 is 0.806 bits per heavy atom. The number of rotatable bonds is 10. The van der Waals surface area contributed by atoms with Crippen LogP contribution in [0.5, 0.6) is 17.2 Å². The molecule has 0 aliphatic heterocycles. The highest BCUT2D eigenvalue weighted by atomic mass is 19.3. The van der Waals surface area contributed by atoms with Crippen LogP contribution in [0, 0.1) is 23.5 Å². The predicted octanol–water partition coefficient (Wildman–Crippen LogP) is 9.56. The van der Waals surface area contributed by atoms with Crippen molar-refractivity contribution in [3.05, 3.63) is 77.9 Å². The Bertz CT molecular complexity index is 1120. The van der Waals surface area contributed by atoms with Gasteiger partial charge >= 0.3 is 6.61 Å². The fourth-order valence-corrected chi connectivity index (χ4v) is 5.18. The van der Waals surface area contributed by atoms with Crippen molar-refractivity contribution in [3.8, 4) is 28.4 Å². The molecule has 1 fully saturated rings. The zero-order valence-electron chi connectivity index (χ0n) is 20.5. The zero-order chi connectivity index (χ0) is 25.5. The maximum atomic E-state index is 15.4. The molecule has 0 radical (unpaired) electrons. The second kappa shape index (κ2) is 12.3. The molecular weight excluding hydrogens is 468 g/mol. The van der Waals surface area contributed by atoms with E-state index in [0.717, 1.165) is 25.2 Å². The van der Waals surface area contributed by atoms with Crippen molar-refractivity contribution in [2.45, 2.75) is 64.9 Å². The maximum Gasteiger partial charge on any atom is 0.387 e. The van der Waals surface area contributed by atoms with Crippen molar-refractivity contribution in [2.24, 2.45) is 11.8 Å². The van der Waals surface area contributed by atoms with Gasteiger partial charge < -0.3 is 9.47 Å². The fraction of sp³-hybridized carbons (Fsp3) is 0.400. The second-order valence-electron chi connectivity index (χ2n) is 9.55. The Labute approximate surface area is 210 Å². The molecule has 36 heavy (non-hydrogen) atoms. The van der Waals surface area contributed by atoms with E-state index in [1.807, 2.05) is 0 Å². The Morgan fingerprint density at radius 3 is 2.14 bits per heavy atom. The van der Waals surface area contributed by atoms with E-state index >= 15 is 4.39 Å². The lowest BCUT2D eigenvalue weighted by Gasteiger charge is -2.28. The molecule has 4 rings (SSSR count). The van der Waals surface area contributed by atoms with Gasteiger partial charge in [0.25, 0.3) is 0 Å². The van der Waals surface area contributed by atoms with E-state index in [9.17, 15) is 13.2 Å². The highest BCUT2D eigenvalue weighted by molar-refractivity contribution is 5.71. The number of hydrogen-bond donors (Lipinski definition) is 0. The summed E-state index contributed by atoms with van der Waals surface area (Å²) in [7, 11) is 0. The van der Waals surface area contributed by atoms with Gasteiger partial charge in [-0.15, -0.1) is 0 Å². The topological polar surface area (TPSA) is 18.5 Å². The molecule has 0 heterocycles. The van der Waals surface area contributed by atoms with Crippen LogP contribution in [0.3, 0.4) is 0 Å². The fourth-order valence-electron chi connectivity index (χ4n) is 5.18. The van der Waals surface area contributed by atoms with Gasteiger partial charge in [0.1, 0.15) is 17.3 Å². The Morgan fingerprint density at radius 2 is 1.47 bits per heavy atom. The van der Waals surface area contributed by atoms with Crippen LogP contribution in [0.25, 0.3) is 11.1 Å². The molecule has 1 aliphatic rings. The second-order valence-corrected chi connectivity index (χ2v) is 9.55. The minimum absolute atomic E-state index is 0.0387. The molecule has 0 amide bonds. The highest BCUT2D eigenvalue weighted by Crippen LogP contribution is 2.38. The molecule has 0 saturated heterocycles. The van der Waals surface area contributed by atoms with Crippen molar-refractivity contribution in [2.75, 3.05) is 0 Å². The van der Waals surface area contributed by atoms with Crippen LogP contribution in [-0.2, 0) is 6.42 Å². The van der Waals surface area contributed by atoms with Crippen molar-refractivity contribution in [1.82, 2.24) is 0 Å². The molecule has 192 valence electrons. The average molecular weight is 501 g/mol. The minimum Gasteiger partial charge on any atom is -0.454 e. The van der Waals surface area contributed by atoms with Gasteiger partial charge in [0.2, 0.25) is 0 Å². The third-order valence-corrected chi connectivity index (χ3v) is 7.11. The standard InChI is InChI=1S/C30H32F4O2/c1-2-5-20-8-10-21(11-9-20)12-17-25-26(31)18-19-28(29(25)32)36-27-7-4-3-6-24(27)22-13-15-23(16-14-22)35-30(33)34/h3-4,6-7,13-16,18-21,30H,2,5,8-12,17H2,1H3. The summed E-state index contributed by atoms with van der Waals surface area (Å²) in [4.78, 5) is 0. The van der Waals surface area contributed by atoms with Crippen molar-refractivity contribution in [1.29, 1.82) is 0 Å². The summed E-state index contributed by atoms with van der Waals surface area (Å²) in [6, 6.07) is 15.7. The Kier molecular flexibility index (Phi) is 8.89. The zero-order valence-corrected chi connectivity index (χ0v) is 20.5. The summed E-state index contributed by atoms with van der Waals surface area (Å²) in [5, 5.41) is 0. The Hall–Kier alpha value is -3.02. The smallest absolute Gasteiger partial charge is 0.387 e. The largest absolute Gasteiger partial charge is 0.454 e. The van der Waals surface area contributed by atoms with Crippen LogP contribution in [-0.4, -0.2) is 6.61 Å². The first-order valence-electron chi connectivity index (χ1n) is 12.7. The van der Waals surface area contributed by atoms with Gasteiger partial charge in [-0.05, 0) is 60.6 Å². The van der Waals surface area contributed by atoms with Gasteiger partial charge in [-0.2, -0.15) is 8.78 Å². The van der Waals surface area contributed by atoms with Crippen LogP contribution in [0.2, 0.25) is 0 Å². The molecular formula is C30H32F4O2. The first-order valence-corrected chi connectivity index (χ1v) is 12.7. The van der Waals surface area contributed by atoms with Gasteiger partial charge in [-0.1, -0.05) is 75.8 Å². The van der Waals surface area contributed by atoms with Gasteiger partial charge in [-0.25, -0.2) is 8.78 Å². The third-order valence-electron chi connectivity index (χ3n) is 7.11. The van der Waals surface area contributed by atoms with Gasteiger partial charge in [0, 0.05) is 11.1 Å². The summed E-state index contributed by atoms with van der Waals surface area (Å²) in [5.74, 6) is 0.450. The van der Waals surface area contributed by atoms with Crippen LogP contribution in [0.15, 0.2) is 60.7 Å². The van der Waals surface area contributed by atoms with Gasteiger partial charge in [0.05, 0.1) is 0 Å². The van der Waals surface area contributed by atoms with Crippen LogP contribution in [0.1, 0.15) is 57.4 Å². The van der Waals surface area contributed by atoms with Crippen LogP contribution in [0.4, 0.5) is 17.6 Å². The van der Waals surface area contributed by atoms with E-state index in [1.54, 1.807) is 36.4 Å². The SMILES string of the molecule is CCCC1CCC(CCc2c(F)ccc(Oc3ccccc3-c3ccc(OC(F)F)cc3)c2F)CC1. The first-order chi connectivity index (χ1) is 17.4. The number of halogens is 4. The molecule has 0 atom stereocenters. The van der Waals surface area contributed by atoms with Crippen molar-refractivity contribution < 1.29 is 27.0 Å². The van der Waals surface area contributed by atoms with Crippen molar-refractivity contribution in [3.63, 3.8) is 0 Å². The number of alkyl halides is 2. The summed E-state index contributed by atoms with van der Waals surface area (Å²) < 4.78 is 65.2. The van der Waals surface area contributed by atoms with Crippen LogP contribution >= 0.6 is 0 Å². The number of para-hydroxylation sites is 1. The predicted molar refractivity (Wildman–Crippen MR) is 134 cm³/mol. The molecule has 0 N–H and O–H groups in total. The van der Waals surface area contributed by atoms with E-state index in [0.29, 0.717) is 29.2 Å². The highest BCUT2D eigenvalue weighted by Gasteiger charge is 2.23. The Balaban J connectivity index is 1.47. The summed E-state index contributed by atoms with van der Waals surface area (Å²) in [5.41, 5.74) is 1.40. The molecule has 0 aromatic heterocycles. The molecule has 3 aromatic carbocycles. The summed E-state index contributed by atoms with van der Waals surface area (Å²) >= 11 is 0. The number of benzene rings is 3. The van der Waals surface area contributed by atoms with Gasteiger partial charge in [0.15, 0.2) is 11.6 Å². The monoisotopic (exact) mass is 500 g/mol. The normalized spacial score (nSPS) is 17.8. The lowest BCUT2D eigenvalue weighted by molar-refractivity contribution is -0.0498. The van der Waals surface area contributed by atoms with E-state index in [-0.39, 0.29) is 17.1 Å². The van der Waals surface area contributed by atoms with Gasteiger partial charge in [-0.3, -0.25) is 0 Å². The molecule has 2 nitrogen and oxygen atoms in total. The molecule has 1 saturated carbocycles. The van der Waals surface area contributed by atoms with Crippen LogP contribution < -0.4 is 9.47 Å². The third kappa shape index (κ3) is 6.59. The van der Waals surface area contributed by atoms with E-state index in [1.165, 1.54) is 49.9 Å². The molecule has 6 heteroatoms. The van der Waals surface area contributed by atoms with E-state index in [4.69, 9.17) is 4.74 Å². The maximum absolute atomic E-state index is 15.4.